The van der Waals surface area contributed by atoms with Crippen molar-refractivity contribution in [3.05, 3.63) is 0 Å². The Hall–Kier alpha value is -0.120. The molecule has 0 unspecified atom stereocenters. The molecule has 3 heteroatoms. The molecule has 2 heterocycles. The lowest BCUT2D eigenvalue weighted by molar-refractivity contribution is 0.102. The predicted octanol–water partition coefficient (Wildman–Crippen LogP) is 1.68. The minimum absolute atomic E-state index is 0.582. The summed E-state index contributed by atoms with van der Waals surface area (Å²) in [4.78, 5) is 0. The summed E-state index contributed by atoms with van der Waals surface area (Å²) >= 11 is 0. The molecule has 0 aromatic heterocycles. The van der Waals surface area contributed by atoms with Crippen LogP contribution in [0, 0.1) is 0 Å². The molecule has 0 radical (unpaired) electrons. The smallest absolute Gasteiger partial charge is 0.0576 e. The van der Waals surface area contributed by atoms with Gasteiger partial charge in [-0.1, -0.05) is 0 Å². The van der Waals surface area contributed by atoms with Crippen molar-refractivity contribution >= 4 is 0 Å². The summed E-state index contributed by atoms with van der Waals surface area (Å²) in [5.74, 6) is 0. The van der Waals surface area contributed by atoms with E-state index in [1.165, 1.54) is 64.6 Å². The topological polar surface area (TPSA) is 33.3 Å². The molecule has 94 valence electrons. The monoisotopic (exact) mass is 226 g/mol. The molecule has 0 bridgehead atoms. The van der Waals surface area contributed by atoms with Crippen molar-refractivity contribution in [2.75, 3.05) is 26.2 Å². The molecule has 2 fully saturated rings. The van der Waals surface area contributed by atoms with Gasteiger partial charge < -0.3 is 15.4 Å². The first-order valence-electron chi connectivity index (χ1n) is 7.01. The molecule has 0 spiro atoms. The van der Waals surface area contributed by atoms with Gasteiger partial charge in [-0.3, -0.25) is 0 Å². The highest BCUT2D eigenvalue weighted by atomic mass is 16.5. The van der Waals surface area contributed by atoms with Gasteiger partial charge in [0, 0.05) is 12.6 Å². The highest BCUT2D eigenvalue weighted by Gasteiger charge is 2.15. The van der Waals surface area contributed by atoms with E-state index in [-0.39, 0.29) is 0 Å². The quantitative estimate of drug-likeness (QED) is 0.676. The van der Waals surface area contributed by atoms with Crippen molar-refractivity contribution < 1.29 is 4.74 Å². The molecular formula is C13H26N2O. The maximum absolute atomic E-state index is 5.62. The summed E-state index contributed by atoms with van der Waals surface area (Å²) in [6.45, 7) is 4.57. The minimum atomic E-state index is 0.582. The van der Waals surface area contributed by atoms with Gasteiger partial charge in [-0.15, -0.1) is 0 Å². The van der Waals surface area contributed by atoms with Gasteiger partial charge in [-0.2, -0.15) is 0 Å². The number of rotatable bonds is 6. The second-order valence-corrected chi connectivity index (χ2v) is 5.11. The van der Waals surface area contributed by atoms with Crippen LogP contribution in [0.2, 0.25) is 0 Å². The van der Waals surface area contributed by atoms with Crippen molar-refractivity contribution in [1.29, 1.82) is 0 Å². The summed E-state index contributed by atoms with van der Waals surface area (Å²) in [6.07, 6.45) is 9.65. The van der Waals surface area contributed by atoms with Gasteiger partial charge in [0.2, 0.25) is 0 Å². The second-order valence-electron chi connectivity index (χ2n) is 5.11. The number of unbranched alkanes of at least 4 members (excludes halogenated alkanes) is 1. The first-order chi connectivity index (χ1) is 7.95. The summed E-state index contributed by atoms with van der Waals surface area (Å²) in [5, 5.41) is 7.06. The highest BCUT2D eigenvalue weighted by molar-refractivity contribution is 4.74. The van der Waals surface area contributed by atoms with Crippen LogP contribution in [0.1, 0.15) is 44.9 Å². The Morgan fingerprint density at radius 3 is 2.75 bits per heavy atom. The highest BCUT2D eigenvalue weighted by Crippen LogP contribution is 2.17. The van der Waals surface area contributed by atoms with E-state index in [2.05, 4.69) is 10.6 Å². The van der Waals surface area contributed by atoms with Crippen LogP contribution in [-0.2, 0) is 4.74 Å². The number of ether oxygens (including phenoxy) is 1. The molecular weight excluding hydrogens is 200 g/mol. The van der Waals surface area contributed by atoms with Crippen LogP contribution < -0.4 is 10.6 Å². The average Bonchev–Trinajstić information content (AvgIpc) is 2.83. The minimum Gasteiger partial charge on any atom is -0.378 e. The van der Waals surface area contributed by atoms with Crippen LogP contribution in [0.25, 0.3) is 0 Å². The van der Waals surface area contributed by atoms with Crippen LogP contribution in [0.15, 0.2) is 0 Å². The standard InChI is InChI=1S/C13H26N2O/c1(4-13-5-3-11-16-13)2-8-15-12-6-9-14-10-7-12/h12-15H,1-11H2/t13-/m1/s1. The van der Waals surface area contributed by atoms with Gasteiger partial charge in [-0.25, -0.2) is 0 Å². The third-order valence-corrected chi connectivity index (χ3v) is 3.75. The van der Waals surface area contributed by atoms with Crippen molar-refractivity contribution in [3.8, 4) is 0 Å². The summed E-state index contributed by atoms with van der Waals surface area (Å²) in [5.41, 5.74) is 0. The van der Waals surface area contributed by atoms with Crippen LogP contribution in [-0.4, -0.2) is 38.4 Å². The van der Waals surface area contributed by atoms with Crippen molar-refractivity contribution in [2.45, 2.75) is 57.1 Å². The fraction of sp³-hybridized carbons (Fsp3) is 1.00. The fourth-order valence-electron chi connectivity index (χ4n) is 2.70. The van der Waals surface area contributed by atoms with Crippen molar-refractivity contribution in [1.82, 2.24) is 10.6 Å². The Morgan fingerprint density at radius 2 is 2.00 bits per heavy atom. The van der Waals surface area contributed by atoms with Gasteiger partial charge in [-0.05, 0) is 64.6 Å². The summed E-state index contributed by atoms with van der Waals surface area (Å²) in [7, 11) is 0. The van der Waals surface area contributed by atoms with Gasteiger partial charge in [0.1, 0.15) is 0 Å². The fourth-order valence-corrected chi connectivity index (χ4v) is 2.70. The van der Waals surface area contributed by atoms with E-state index in [1.54, 1.807) is 0 Å². The van der Waals surface area contributed by atoms with Gasteiger partial charge in [0.15, 0.2) is 0 Å². The maximum Gasteiger partial charge on any atom is 0.0576 e. The number of nitrogens with one attached hydrogen (secondary N) is 2. The van der Waals surface area contributed by atoms with Crippen LogP contribution in [0.5, 0.6) is 0 Å². The van der Waals surface area contributed by atoms with E-state index in [0.29, 0.717) is 6.10 Å². The Balaban J connectivity index is 1.42. The van der Waals surface area contributed by atoms with E-state index in [0.717, 1.165) is 12.6 Å². The lowest BCUT2D eigenvalue weighted by atomic mass is 10.1. The Bertz CT molecular complexity index is 175. The van der Waals surface area contributed by atoms with Gasteiger partial charge in [0.05, 0.1) is 6.10 Å². The van der Waals surface area contributed by atoms with Crippen LogP contribution in [0.3, 0.4) is 0 Å². The molecule has 0 aliphatic carbocycles. The van der Waals surface area contributed by atoms with E-state index in [9.17, 15) is 0 Å². The molecule has 2 aliphatic heterocycles. The van der Waals surface area contributed by atoms with Crippen LogP contribution in [0.4, 0.5) is 0 Å². The normalized spacial score (nSPS) is 27.4. The number of hydrogen-bond acceptors (Lipinski definition) is 3. The van der Waals surface area contributed by atoms with E-state index >= 15 is 0 Å². The van der Waals surface area contributed by atoms with E-state index < -0.39 is 0 Å². The van der Waals surface area contributed by atoms with Crippen molar-refractivity contribution in [2.24, 2.45) is 0 Å². The third-order valence-electron chi connectivity index (χ3n) is 3.75. The van der Waals surface area contributed by atoms with Gasteiger partial charge in [0.25, 0.3) is 0 Å². The van der Waals surface area contributed by atoms with Crippen LogP contribution >= 0.6 is 0 Å². The Labute approximate surface area is 99.3 Å². The zero-order valence-electron chi connectivity index (χ0n) is 10.3. The first-order valence-corrected chi connectivity index (χ1v) is 7.01. The lowest BCUT2D eigenvalue weighted by Gasteiger charge is -2.23. The molecule has 2 rings (SSSR count). The average molecular weight is 226 g/mol. The summed E-state index contributed by atoms with van der Waals surface area (Å²) in [6, 6.07) is 0.768. The van der Waals surface area contributed by atoms with E-state index in [1.807, 2.05) is 0 Å². The molecule has 0 aromatic rings. The van der Waals surface area contributed by atoms with E-state index in [4.69, 9.17) is 4.74 Å². The lowest BCUT2D eigenvalue weighted by Crippen LogP contribution is -2.40. The second kappa shape index (κ2) is 7.25. The Kier molecular flexibility index (Phi) is 5.59. The van der Waals surface area contributed by atoms with Crippen molar-refractivity contribution in [3.63, 3.8) is 0 Å². The Morgan fingerprint density at radius 1 is 1.12 bits per heavy atom. The zero-order chi connectivity index (χ0) is 11.1. The molecule has 2 N–H and O–H groups in total. The molecule has 0 aromatic carbocycles. The summed E-state index contributed by atoms with van der Waals surface area (Å²) < 4.78 is 5.62. The molecule has 1 atom stereocenters. The molecule has 2 aliphatic rings. The molecule has 2 saturated heterocycles. The SMILES string of the molecule is C(CC[C@@H]1CCCO1)CNC1CCNCC1. The third kappa shape index (κ3) is 4.40. The molecule has 3 nitrogen and oxygen atoms in total. The zero-order valence-corrected chi connectivity index (χ0v) is 10.3. The first kappa shape index (κ1) is 12.3. The molecule has 0 saturated carbocycles. The predicted molar refractivity (Wildman–Crippen MR) is 66.7 cm³/mol. The maximum atomic E-state index is 5.62. The number of hydrogen-bond donors (Lipinski definition) is 2. The van der Waals surface area contributed by atoms with Gasteiger partial charge >= 0.3 is 0 Å². The molecule has 0 amide bonds. The number of piperidine rings is 1. The largest absolute Gasteiger partial charge is 0.378 e. The molecule has 16 heavy (non-hydrogen) atoms.